The van der Waals surface area contributed by atoms with Crippen molar-refractivity contribution >= 4 is 15.9 Å². The first-order valence-electron chi connectivity index (χ1n) is 5.48. The number of benzene rings is 1. The summed E-state index contributed by atoms with van der Waals surface area (Å²) in [4.78, 5) is 0. The third-order valence-corrected chi connectivity index (χ3v) is 2.92. The molecule has 0 saturated carbocycles. The molecular formula is C13H20BrNO. The van der Waals surface area contributed by atoms with Gasteiger partial charge in [-0.05, 0) is 31.7 Å². The van der Waals surface area contributed by atoms with Crippen LogP contribution in [-0.2, 0) is 0 Å². The summed E-state index contributed by atoms with van der Waals surface area (Å²) in [6.07, 6.45) is 0. The van der Waals surface area contributed by atoms with E-state index in [0.717, 1.165) is 16.8 Å². The van der Waals surface area contributed by atoms with Crippen LogP contribution in [0.15, 0.2) is 22.7 Å². The van der Waals surface area contributed by atoms with Crippen LogP contribution >= 0.6 is 15.9 Å². The third kappa shape index (κ3) is 4.14. The van der Waals surface area contributed by atoms with Gasteiger partial charge in [0.25, 0.3) is 0 Å². The van der Waals surface area contributed by atoms with Crippen LogP contribution in [0, 0.1) is 12.3 Å². The molecule has 90 valence electrons. The molecule has 0 amide bonds. The zero-order valence-corrected chi connectivity index (χ0v) is 12.0. The summed E-state index contributed by atoms with van der Waals surface area (Å²) < 4.78 is 6.92. The van der Waals surface area contributed by atoms with Gasteiger partial charge in [0.1, 0.15) is 5.75 Å². The predicted molar refractivity (Wildman–Crippen MR) is 72.1 cm³/mol. The Labute approximate surface area is 107 Å². The van der Waals surface area contributed by atoms with Crippen LogP contribution < -0.4 is 10.1 Å². The van der Waals surface area contributed by atoms with Crippen molar-refractivity contribution in [3.63, 3.8) is 0 Å². The molecular weight excluding hydrogens is 266 g/mol. The maximum absolute atomic E-state index is 5.86. The Morgan fingerprint density at radius 3 is 2.69 bits per heavy atom. The summed E-state index contributed by atoms with van der Waals surface area (Å²) in [6, 6.07) is 6.11. The van der Waals surface area contributed by atoms with Gasteiger partial charge in [0, 0.05) is 16.4 Å². The largest absolute Gasteiger partial charge is 0.493 e. The van der Waals surface area contributed by atoms with Crippen LogP contribution in [0.5, 0.6) is 5.75 Å². The zero-order valence-electron chi connectivity index (χ0n) is 10.4. The van der Waals surface area contributed by atoms with E-state index in [1.54, 1.807) is 0 Å². The lowest BCUT2D eigenvalue weighted by Gasteiger charge is -2.24. The summed E-state index contributed by atoms with van der Waals surface area (Å²) in [5.41, 5.74) is 1.31. The second-order valence-electron chi connectivity index (χ2n) is 4.89. The molecule has 16 heavy (non-hydrogen) atoms. The van der Waals surface area contributed by atoms with Crippen LogP contribution in [0.25, 0.3) is 0 Å². The number of ether oxygens (including phenoxy) is 1. The number of aryl methyl sites for hydroxylation is 1. The summed E-state index contributed by atoms with van der Waals surface area (Å²) in [5.74, 6) is 0.957. The van der Waals surface area contributed by atoms with E-state index in [4.69, 9.17) is 4.74 Å². The van der Waals surface area contributed by atoms with Crippen molar-refractivity contribution < 1.29 is 4.74 Å². The molecule has 0 spiro atoms. The molecule has 0 unspecified atom stereocenters. The second-order valence-corrected chi connectivity index (χ2v) is 5.81. The Balaban J connectivity index is 2.63. The summed E-state index contributed by atoms with van der Waals surface area (Å²) in [7, 11) is 1.96. The molecule has 3 heteroatoms. The summed E-state index contributed by atoms with van der Waals surface area (Å²) in [6.45, 7) is 8.10. The van der Waals surface area contributed by atoms with Crippen LogP contribution in [0.4, 0.5) is 0 Å². The summed E-state index contributed by atoms with van der Waals surface area (Å²) >= 11 is 3.46. The first-order chi connectivity index (χ1) is 7.44. The number of rotatable bonds is 5. The van der Waals surface area contributed by atoms with Gasteiger partial charge in [-0.15, -0.1) is 0 Å². The van der Waals surface area contributed by atoms with Gasteiger partial charge in [0.2, 0.25) is 0 Å². The maximum atomic E-state index is 5.86. The minimum absolute atomic E-state index is 0.142. The van der Waals surface area contributed by atoms with E-state index in [1.807, 2.05) is 19.2 Å². The average Bonchev–Trinajstić information content (AvgIpc) is 2.19. The van der Waals surface area contributed by atoms with Crippen molar-refractivity contribution in [2.24, 2.45) is 5.41 Å². The lowest BCUT2D eigenvalue weighted by molar-refractivity contribution is 0.178. The van der Waals surface area contributed by atoms with E-state index in [9.17, 15) is 0 Å². The van der Waals surface area contributed by atoms with Gasteiger partial charge in [-0.2, -0.15) is 0 Å². The SMILES string of the molecule is CNCC(C)(C)COc1cc(Br)ccc1C. The zero-order chi connectivity index (χ0) is 12.2. The van der Waals surface area contributed by atoms with Crippen LogP contribution in [-0.4, -0.2) is 20.2 Å². The van der Waals surface area contributed by atoms with Gasteiger partial charge in [0.15, 0.2) is 0 Å². The standard InChI is InChI=1S/C13H20BrNO/c1-10-5-6-11(14)7-12(10)16-9-13(2,3)8-15-4/h5-7,15H,8-9H2,1-4H3. The molecule has 0 aromatic heterocycles. The maximum Gasteiger partial charge on any atom is 0.123 e. The first-order valence-corrected chi connectivity index (χ1v) is 6.27. The fraction of sp³-hybridized carbons (Fsp3) is 0.538. The monoisotopic (exact) mass is 285 g/mol. The molecule has 0 heterocycles. The summed E-state index contributed by atoms with van der Waals surface area (Å²) in [5, 5.41) is 3.18. The van der Waals surface area contributed by atoms with E-state index in [1.165, 1.54) is 5.56 Å². The topological polar surface area (TPSA) is 21.3 Å². The minimum atomic E-state index is 0.142. The molecule has 0 fully saturated rings. The number of hydrogen-bond acceptors (Lipinski definition) is 2. The normalized spacial score (nSPS) is 11.6. The Morgan fingerprint density at radius 1 is 1.38 bits per heavy atom. The molecule has 1 rings (SSSR count). The molecule has 0 aliphatic carbocycles. The fourth-order valence-corrected chi connectivity index (χ4v) is 1.87. The third-order valence-electron chi connectivity index (χ3n) is 2.42. The minimum Gasteiger partial charge on any atom is -0.493 e. The Morgan fingerprint density at radius 2 is 2.06 bits per heavy atom. The highest BCUT2D eigenvalue weighted by molar-refractivity contribution is 9.10. The van der Waals surface area contributed by atoms with Crippen molar-refractivity contribution in [3.8, 4) is 5.75 Å². The lowest BCUT2D eigenvalue weighted by Crippen LogP contribution is -2.32. The Hall–Kier alpha value is -0.540. The molecule has 0 atom stereocenters. The van der Waals surface area contributed by atoms with Gasteiger partial charge in [-0.25, -0.2) is 0 Å². The van der Waals surface area contributed by atoms with E-state index in [2.05, 4.69) is 48.1 Å². The number of nitrogens with one attached hydrogen (secondary N) is 1. The Kier molecular flexibility index (Phi) is 4.81. The van der Waals surface area contributed by atoms with Gasteiger partial charge < -0.3 is 10.1 Å². The molecule has 0 saturated heterocycles. The highest BCUT2D eigenvalue weighted by atomic mass is 79.9. The first kappa shape index (κ1) is 13.5. The molecule has 1 aromatic rings. The molecule has 2 nitrogen and oxygen atoms in total. The Bertz CT molecular complexity index is 350. The van der Waals surface area contributed by atoms with E-state index in [-0.39, 0.29) is 5.41 Å². The number of hydrogen-bond donors (Lipinski definition) is 1. The van der Waals surface area contributed by atoms with E-state index < -0.39 is 0 Å². The predicted octanol–water partition coefficient (Wildman–Crippen LogP) is 3.38. The van der Waals surface area contributed by atoms with Gasteiger partial charge >= 0.3 is 0 Å². The van der Waals surface area contributed by atoms with Gasteiger partial charge in [-0.1, -0.05) is 35.8 Å². The second kappa shape index (κ2) is 5.69. The number of halogens is 1. The highest BCUT2D eigenvalue weighted by Gasteiger charge is 2.18. The van der Waals surface area contributed by atoms with Crippen molar-refractivity contribution in [1.82, 2.24) is 5.32 Å². The van der Waals surface area contributed by atoms with Crippen LogP contribution in [0.2, 0.25) is 0 Å². The lowest BCUT2D eigenvalue weighted by atomic mass is 9.95. The van der Waals surface area contributed by atoms with Gasteiger partial charge in [-0.3, -0.25) is 0 Å². The van der Waals surface area contributed by atoms with Crippen LogP contribution in [0.3, 0.4) is 0 Å². The molecule has 0 aliphatic heterocycles. The highest BCUT2D eigenvalue weighted by Crippen LogP contribution is 2.25. The van der Waals surface area contributed by atoms with Gasteiger partial charge in [0.05, 0.1) is 6.61 Å². The van der Waals surface area contributed by atoms with Crippen molar-refractivity contribution in [2.75, 3.05) is 20.2 Å². The molecule has 1 N–H and O–H groups in total. The smallest absolute Gasteiger partial charge is 0.123 e. The van der Waals surface area contributed by atoms with E-state index >= 15 is 0 Å². The van der Waals surface area contributed by atoms with Crippen LogP contribution in [0.1, 0.15) is 19.4 Å². The fourth-order valence-electron chi connectivity index (χ4n) is 1.53. The average molecular weight is 286 g/mol. The quantitative estimate of drug-likeness (QED) is 0.896. The molecule has 0 aliphatic rings. The van der Waals surface area contributed by atoms with Crippen molar-refractivity contribution in [1.29, 1.82) is 0 Å². The van der Waals surface area contributed by atoms with E-state index in [0.29, 0.717) is 6.61 Å². The molecule has 0 bridgehead atoms. The van der Waals surface area contributed by atoms with Crippen molar-refractivity contribution in [3.05, 3.63) is 28.2 Å². The van der Waals surface area contributed by atoms with Crippen molar-refractivity contribution in [2.45, 2.75) is 20.8 Å². The molecule has 0 radical (unpaired) electrons. The molecule has 1 aromatic carbocycles.